The molecule has 0 spiro atoms. The molecule has 2 aromatic heterocycles. The fourth-order valence-electron chi connectivity index (χ4n) is 4.61. The topological polar surface area (TPSA) is 93.7 Å². The van der Waals surface area contributed by atoms with Gasteiger partial charge >= 0.3 is 0 Å². The lowest BCUT2D eigenvalue weighted by atomic mass is 10.1. The Morgan fingerprint density at radius 1 is 0.947 bits per heavy atom. The number of hydrogen-bond acceptors (Lipinski definition) is 5. The molecule has 3 aromatic carbocycles. The number of imidazole rings is 1. The van der Waals surface area contributed by atoms with Gasteiger partial charge in [0.25, 0.3) is 5.91 Å². The summed E-state index contributed by atoms with van der Waals surface area (Å²) >= 11 is 0. The summed E-state index contributed by atoms with van der Waals surface area (Å²) in [5.74, 6) is 1.31. The summed E-state index contributed by atoms with van der Waals surface area (Å²) in [4.78, 5) is 18.4. The second-order valence-electron chi connectivity index (χ2n) is 9.26. The molecule has 0 unspecified atom stereocenters. The van der Waals surface area contributed by atoms with Crippen molar-refractivity contribution >= 4 is 23.1 Å². The maximum absolute atomic E-state index is 13.4. The number of ether oxygens (including phenoxy) is 1. The Balaban J connectivity index is 1.58. The van der Waals surface area contributed by atoms with Gasteiger partial charge in [-0.25, -0.2) is 4.98 Å². The third-order valence-corrected chi connectivity index (χ3v) is 6.64. The van der Waals surface area contributed by atoms with E-state index >= 15 is 0 Å². The Bertz CT molecular complexity index is 1600. The van der Waals surface area contributed by atoms with Crippen LogP contribution >= 0.6 is 0 Å². The molecule has 1 amide bonds. The van der Waals surface area contributed by atoms with Crippen molar-refractivity contribution in [1.29, 1.82) is 0 Å². The maximum atomic E-state index is 13.4. The number of aromatic nitrogens is 2. The second kappa shape index (κ2) is 10.8. The Labute approximate surface area is 222 Å². The first-order chi connectivity index (χ1) is 18.5. The number of anilines is 2. The van der Waals surface area contributed by atoms with Crippen LogP contribution in [0.1, 0.15) is 32.6 Å². The van der Waals surface area contributed by atoms with Crippen molar-refractivity contribution in [3.63, 3.8) is 0 Å². The quantitative estimate of drug-likeness (QED) is 0.249. The molecule has 0 aliphatic carbocycles. The van der Waals surface area contributed by atoms with E-state index in [0.29, 0.717) is 24.3 Å². The number of hydrogen-bond donors (Lipinski definition) is 3. The summed E-state index contributed by atoms with van der Waals surface area (Å²) in [6, 6.07) is 25.5. The molecule has 7 heteroatoms. The van der Waals surface area contributed by atoms with E-state index in [9.17, 15) is 4.79 Å². The van der Waals surface area contributed by atoms with Gasteiger partial charge in [0, 0.05) is 30.5 Å². The molecule has 0 fully saturated rings. The molecule has 2 heterocycles. The monoisotopic (exact) mass is 505 g/mol. The third kappa shape index (κ3) is 4.96. The summed E-state index contributed by atoms with van der Waals surface area (Å²) in [6.45, 7) is 4.99. The van der Waals surface area contributed by atoms with E-state index in [1.54, 1.807) is 13.2 Å². The lowest BCUT2D eigenvalue weighted by Crippen LogP contribution is -2.23. The summed E-state index contributed by atoms with van der Waals surface area (Å²) in [7, 11) is 1.64. The van der Waals surface area contributed by atoms with Gasteiger partial charge in [0.2, 0.25) is 0 Å². The van der Waals surface area contributed by atoms with E-state index in [1.807, 2.05) is 71.3 Å². The molecule has 0 aliphatic rings. The number of rotatable bonds is 8. The molecule has 0 aliphatic heterocycles. The number of nitrogens with zero attached hydrogens (tertiary/aromatic N) is 2. The average molecular weight is 506 g/mol. The number of pyridine rings is 1. The van der Waals surface area contributed by atoms with E-state index in [4.69, 9.17) is 15.5 Å². The first-order valence-corrected chi connectivity index (χ1v) is 12.5. The van der Waals surface area contributed by atoms with Gasteiger partial charge in [-0.3, -0.25) is 9.20 Å². The number of para-hydroxylation sites is 1. The Kier molecular flexibility index (Phi) is 7.11. The van der Waals surface area contributed by atoms with Gasteiger partial charge in [-0.1, -0.05) is 54.6 Å². The molecule has 0 saturated heterocycles. The van der Waals surface area contributed by atoms with Gasteiger partial charge in [0.15, 0.2) is 5.65 Å². The van der Waals surface area contributed by atoms with Gasteiger partial charge in [-0.2, -0.15) is 0 Å². The van der Waals surface area contributed by atoms with Crippen LogP contribution in [0.3, 0.4) is 0 Å². The maximum Gasteiger partial charge on any atom is 0.255 e. The normalized spacial score (nSPS) is 10.9. The van der Waals surface area contributed by atoms with Crippen molar-refractivity contribution < 1.29 is 9.53 Å². The van der Waals surface area contributed by atoms with E-state index in [-0.39, 0.29) is 5.91 Å². The predicted molar refractivity (Wildman–Crippen MR) is 152 cm³/mol. The number of nitrogens with two attached hydrogens (primary N) is 1. The van der Waals surface area contributed by atoms with Gasteiger partial charge in [-0.05, 0) is 60.4 Å². The summed E-state index contributed by atoms with van der Waals surface area (Å²) in [6.07, 6.45) is 1.92. The van der Waals surface area contributed by atoms with Crippen molar-refractivity contribution in [3.05, 3.63) is 113 Å². The second-order valence-corrected chi connectivity index (χ2v) is 9.26. The highest BCUT2D eigenvalue weighted by Gasteiger charge is 2.21. The summed E-state index contributed by atoms with van der Waals surface area (Å²) in [5.41, 5.74) is 13.7. The molecule has 38 heavy (non-hydrogen) atoms. The van der Waals surface area contributed by atoms with Gasteiger partial charge in [-0.15, -0.1) is 0 Å². The molecule has 5 aromatic rings. The van der Waals surface area contributed by atoms with Crippen LogP contribution in [0.5, 0.6) is 5.75 Å². The molecule has 192 valence electrons. The van der Waals surface area contributed by atoms with Crippen molar-refractivity contribution in [2.45, 2.75) is 26.9 Å². The van der Waals surface area contributed by atoms with Crippen LogP contribution in [0.15, 0.2) is 85.1 Å². The Morgan fingerprint density at radius 3 is 2.45 bits per heavy atom. The number of amides is 1. The van der Waals surface area contributed by atoms with Crippen LogP contribution in [0.2, 0.25) is 0 Å². The van der Waals surface area contributed by atoms with Crippen LogP contribution < -0.4 is 21.1 Å². The highest BCUT2D eigenvalue weighted by Crippen LogP contribution is 2.35. The molecule has 0 saturated carbocycles. The van der Waals surface area contributed by atoms with Crippen molar-refractivity contribution in [2.24, 2.45) is 5.73 Å². The number of methoxy groups -OCH3 is 1. The number of carbonyl (C=O) groups is 1. The molecule has 4 N–H and O–H groups in total. The molecule has 0 radical (unpaired) electrons. The lowest BCUT2D eigenvalue weighted by molar-refractivity contribution is 0.0952. The number of benzene rings is 3. The highest BCUT2D eigenvalue weighted by atomic mass is 16.5. The zero-order valence-electron chi connectivity index (χ0n) is 21.8. The van der Waals surface area contributed by atoms with Crippen LogP contribution in [0.4, 0.5) is 11.5 Å². The van der Waals surface area contributed by atoms with Crippen molar-refractivity contribution in [3.8, 4) is 17.0 Å². The molecule has 0 bridgehead atoms. The zero-order chi connectivity index (χ0) is 26.6. The fourth-order valence-corrected chi connectivity index (χ4v) is 4.61. The molecule has 0 atom stereocenters. The lowest BCUT2D eigenvalue weighted by Gasteiger charge is -2.14. The van der Waals surface area contributed by atoms with E-state index < -0.39 is 0 Å². The van der Waals surface area contributed by atoms with E-state index in [2.05, 4.69) is 36.6 Å². The van der Waals surface area contributed by atoms with E-state index in [0.717, 1.165) is 50.8 Å². The minimum absolute atomic E-state index is 0.199. The minimum atomic E-state index is -0.199. The molecule has 7 nitrogen and oxygen atoms in total. The molecule has 5 rings (SSSR count). The first-order valence-electron chi connectivity index (χ1n) is 12.5. The minimum Gasteiger partial charge on any atom is -0.497 e. The average Bonchev–Trinajstić information content (AvgIpc) is 3.32. The molecular weight excluding hydrogens is 474 g/mol. The number of carbonyl (C=O) groups excluding carboxylic acids is 1. The summed E-state index contributed by atoms with van der Waals surface area (Å²) in [5, 5.41) is 6.66. The van der Waals surface area contributed by atoms with Crippen LogP contribution in [-0.4, -0.2) is 22.4 Å². The first kappa shape index (κ1) is 25.0. The number of aryl methyl sites for hydroxylation is 2. The highest BCUT2D eigenvalue weighted by molar-refractivity contribution is 6.01. The smallest absolute Gasteiger partial charge is 0.255 e. The van der Waals surface area contributed by atoms with Crippen LogP contribution in [0, 0.1) is 13.8 Å². The standard InChI is InChI=1S/C31H31N5O2/c1-20-8-4-9-21(2)27(20)34-30-28(24-12-6-13-25(17-24)38-3)35-29-26(14-7-15-36(29)30)31(37)33-19-23-11-5-10-22(16-23)18-32/h4-17,34H,18-19,32H2,1-3H3,(H,33,37). The SMILES string of the molecule is COc1cccc(-c2nc3c(C(=O)NCc4cccc(CN)c4)cccn3c2Nc2c(C)cccc2C)c1. The van der Waals surface area contributed by atoms with Crippen molar-refractivity contribution in [2.75, 3.05) is 12.4 Å². The van der Waals surface area contributed by atoms with Crippen LogP contribution in [0.25, 0.3) is 16.9 Å². The largest absolute Gasteiger partial charge is 0.497 e. The Hall–Kier alpha value is -4.62. The number of fused-ring (bicyclic) bond motifs is 1. The summed E-state index contributed by atoms with van der Waals surface area (Å²) < 4.78 is 7.41. The fraction of sp³-hybridized carbons (Fsp3) is 0.161. The van der Waals surface area contributed by atoms with Gasteiger partial charge < -0.3 is 21.1 Å². The predicted octanol–water partition coefficient (Wildman–Crippen LogP) is 5.76. The zero-order valence-corrected chi connectivity index (χ0v) is 21.8. The van der Waals surface area contributed by atoms with Gasteiger partial charge in [0.05, 0.1) is 12.7 Å². The van der Waals surface area contributed by atoms with Gasteiger partial charge in [0.1, 0.15) is 17.3 Å². The Morgan fingerprint density at radius 2 is 1.68 bits per heavy atom. The van der Waals surface area contributed by atoms with E-state index in [1.165, 1.54) is 0 Å². The third-order valence-electron chi connectivity index (χ3n) is 6.64. The number of nitrogens with one attached hydrogen (secondary N) is 2. The van der Waals surface area contributed by atoms with Crippen molar-refractivity contribution in [1.82, 2.24) is 14.7 Å². The molecular formula is C31H31N5O2. The van der Waals surface area contributed by atoms with Crippen LogP contribution in [-0.2, 0) is 13.1 Å².